The molecule has 0 saturated heterocycles. The van der Waals surface area contributed by atoms with Crippen molar-refractivity contribution in [3.63, 3.8) is 0 Å². The van der Waals surface area contributed by atoms with Gasteiger partial charge in [-0.25, -0.2) is 8.42 Å². The predicted molar refractivity (Wildman–Crippen MR) is 96.6 cm³/mol. The van der Waals surface area contributed by atoms with Gasteiger partial charge in [-0.05, 0) is 29.8 Å². The van der Waals surface area contributed by atoms with E-state index in [9.17, 15) is 8.42 Å². The Morgan fingerprint density at radius 3 is 2.52 bits per heavy atom. The van der Waals surface area contributed by atoms with Crippen molar-refractivity contribution >= 4 is 32.0 Å². The van der Waals surface area contributed by atoms with Gasteiger partial charge in [-0.3, -0.25) is 0 Å². The van der Waals surface area contributed by atoms with Gasteiger partial charge in [-0.15, -0.1) is 0 Å². The molecule has 0 N–H and O–H groups in total. The van der Waals surface area contributed by atoms with Crippen LogP contribution in [0.15, 0.2) is 58.4 Å². The van der Waals surface area contributed by atoms with Crippen LogP contribution in [0.25, 0.3) is 6.08 Å². The first-order valence-corrected chi connectivity index (χ1v) is 9.24. The lowest BCUT2D eigenvalue weighted by Crippen LogP contribution is -2.24. The molecular weight excluding hydrogens is 378 g/mol. The summed E-state index contributed by atoms with van der Waals surface area (Å²) in [5, 5.41) is 1.22. The summed E-state index contributed by atoms with van der Waals surface area (Å²) < 4.78 is 32.2. The molecule has 0 radical (unpaired) electrons. The average molecular weight is 396 g/mol. The molecule has 0 aliphatic rings. The Hall–Kier alpha value is -1.63. The third kappa shape index (κ3) is 4.92. The molecule has 2 aromatic rings. The Morgan fingerprint density at radius 1 is 1.17 bits per heavy atom. The molecular formula is C17H18BrNO3S. The molecule has 0 fully saturated rings. The van der Waals surface area contributed by atoms with E-state index in [-0.39, 0.29) is 6.54 Å². The molecule has 0 bridgehead atoms. The zero-order valence-corrected chi connectivity index (χ0v) is 15.3. The Balaban J connectivity index is 2.18. The molecule has 0 heterocycles. The first-order valence-electron chi connectivity index (χ1n) is 6.94. The summed E-state index contributed by atoms with van der Waals surface area (Å²) in [6, 6.07) is 14.8. The summed E-state index contributed by atoms with van der Waals surface area (Å²) in [6.07, 6.45) is 1.59. The summed E-state index contributed by atoms with van der Waals surface area (Å²) in [4.78, 5) is 0. The molecule has 0 aliphatic heterocycles. The van der Waals surface area contributed by atoms with Gasteiger partial charge in [0.1, 0.15) is 5.75 Å². The van der Waals surface area contributed by atoms with E-state index in [4.69, 9.17) is 4.74 Å². The number of rotatable bonds is 6. The summed E-state index contributed by atoms with van der Waals surface area (Å²) >= 11 is 3.39. The first-order chi connectivity index (χ1) is 10.9. The highest BCUT2D eigenvalue weighted by atomic mass is 79.9. The lowest BCUT2D eigenvalue weighted by molar-refractivity contribution is 0.399. The van der Waals surface area contributed by atoms with Crippen molar-refractivity contribution in [3.05, 3.63) is 69.5 Å². The largest absolute Gasteiger partial charge is 0.496 e. The maximum Gasteiger partial charge on any atom is 0.236 e. The van der Waals surface area contributed by atoms with E-state index in [0.717, 1.165) is 15.6 Å². The van der Waals surface area contributed by atoms with E-state index in [1.807, 2.05) is 42.5 Å². The SMILES string of the molecule is COc1ccc(Br)cc1CN(C)S(=O)(=O)/C=C/c1ccccc1. The Labute approximate surface area is 145 Å². The normalized spacial score (nSPS) is 12.0. The van der Waals surface area contributed by atoms with Crippen molar-refractivity contribution in [2.75, 3.05) is 14.2 Å². The third-order valence-corrected chi connectivity index (χ3v) is 5.27. The molecule has 2 rings (SSSR count). The number of halogens is 1. The van der Waals surface area contributed by atoms with Crippen LogP contribution in [0.1, 0.15) is 11.1 Å². The fraction of sp³-hybridized carbons (Fsp3) is 0.176. The molecule has 6 heteroatoms. The van der Waals surface area contributed by atoms with E-state index in [2.05, 4.69) is 15.9 Å². The van der Waals surface area contributed by atoms with Gasteiger partial charge in [0.15, 0.2) is 0 Å². The molecule has 0 amide bonds. The van der Waals surface area contributed by atoms with Crippen molar-refractivity contribution in [3.8, 4) is 5.75 Å². The van der Waals surface area contributed by atoms with E-state index in [1.54, 1.807) is 26.3 Å². The van der Waals surface area contributed by atoms with Gasteiger partial charge < -0.3 is 4.74 Å². The zero-order valence-electron chi connectivity index (χ0n) is 12.9. The zero-order chi connectivity index (χ0) is 16.9. The lowest BCUT2D eigenvalue weighted by Gasteiger charge is -2.17. The molecule has 4 nitrogen and oxygen atoms in total. The summed E-state index contributed by atoms with van der Waals surface area (Å²) in [7, 11) is -0.400. The highest BCUT2D eigenvalue weighted by Crippen LogP contribution is 2.25. The standard InChI is InChI=1S/C17H18BrNO3S/c1-19(13-15-12-16(18)8-9-17(15)22-2)23(20,21)11-10-14-6-4-3-5-7-14/h3-12H,13H2,1-2H3/b11-10+. The second kappa shape index (κ2) is 7.77. The van der Waals surface area contributed by atoms with Gasteiger partial charge >= 0.3 is 0 Å². The highest BCUT2D eigenvalue weighted by Gasteiger charge is 2.16. The van der Waals surface area contributed by atoms with Crippen LogP contribution >= 0.6 is 15.9 Å². The van der Waals surface area contributed by atoms with Crippen LogP contribution in [0.2, 0.25) is 0 Å². The fourth-order valence-electron chi connectivity index (χ4n) is 2.03. The molecule has 0 aromatic heterocycles. The van der Waals surface area contributed by atoms with Crippen LogP contribution in [0.4, 0.5) is 0 Å². The molecule has 0 saturated carbocycles. The maximum atomic E-state index is 12.4. The van der Waals surface area contributed by atoms with Crippen LogP contribution in [-0.2, 0) is 16.6 Å². The Bertz CT molecular complexity index is 789. The molecule has 0 atom stereocenters. The van der Waals surface area contributed by atoms with Gasteiger partial charge in [-0.2, -0.15) is 4.31 Å². The van der Waals surface area contributed by atoms with Crippen LogP contribution in [-0.4, -0.2) is 26.9 Å². The van der Waals surface area contributed by atoms with Gasteiger partial charge in [0.2, 0.25) is 10.0 Å². The maximum absolute atomic E-state index is 12.4. The van der Waals surface area contributed by atoms with Crippen molar-refractivity contribution in [1.29, 1.82) is 0 Å². The lowest BCUT2D eigenvalue weighted by atomic mass is 10.2. The summed E-state index contributed by atoms with van der Waals surface area (Å²) in [5.41, 5.74) is 1.63. The smallest absolute Gasteiger partial charge is 0.236 e. The number of sulfonamides is 1. The summed E-state index contributed by atoms with van der Waals surface area (Å²) in [5.74, 6) is 0.655. The summed E-state index contributed by atoms with van der Waals surface area (Å²) in [6.45, 7) is 0.226. The van der Waals surface area contributed by atoms with Gasteiger partial charge in [0.25, 0.3) is 0 Å². The Kier molecular flexibility index (Phi) is 5.98. The minimum Gasteiger partial charge on any atom is -0.496 e. The van der Waals surface area contributed by atoms with Crippen LogP contribution in [0.5, 0.6) is 5.75 Å². The Morgan fingerprint density at radius 2 is 1.87 bits per heavy atom. The van der Waals surface area contributed by atoms with Crippen molar-refractivity contribution < 1.29 is 13.2 Å². The molecule has 0 unspecified atom stereocenters. The van der Waals surface area contributed by atoms with Crippen molar-refractivity contribution in [1.82, 2.24) is 4.31 Å². The van der Waals surface area contributed by atoms with Gasteiger partial charge in [0, 0.05) is 29.0 Å². The second-order valence-corrected chi connectivity index (χ2v) is 7.81. The van der Waals surface area contributed by atoms with E-state index in [0.29, 0.717) is 5.75 Å². The van der Waals surface area contributed by atoms with E-state index in [1.165, 1.54) is 9.71 Å². The number of hydrogen-bond acceptors (Lipinski definition) is 3. The fourth-order valence-corrected chi connectivity index (χ4v) is 3.30. The number of benzene rings is 2. The molecule has 2 aromatic carbocycles. The molecule has 0 spiro atoms. The van der Waals surface area contributed by atoms with E-state index >= 15 is 0 Å². The van der Waals surface area contributed by atoms with Crippen molar-refractivity contribution in [2.45, 2.75) is 6.54 Å². The number of methoxy groups -OCH3 is 1. The molecule has 23 heavy (non-hydrogen) atoms. The van der Waals surface area contributed by atoms with Crippen LogP contribution in [0.3, 0.4) is 0 Å². The van der Waals surface area contributed by atoms with Crippen LogP contribution in [0, 0.1) is 0 Å². The van der Waals surface area contributed by atoms with Gasteiger partial charge in [-0.1, -0.05) is 46.3 Å². The highest BCUT2D eigenvalue weighted by molar-refractivity contribution is 9.10. The molecule has 122 valence electrons. The predicted octanol–water partition coefficient (Wildman–Crippen LogP) is 3.89. The molecule has 0 aliphatic carbocycles. The third-order valence-electron chi connectivity index (χ3n) is 3.30. The number of ether oxygens (including phenoxy) is 1. The first kappa shape index (κ1) is 17.7. The number of nitrogens with zero attached hydrogens (tertiary/aromatic N) is 1. The second-order valence-electron chi connectivity index (χ2n) is 4.97. The number of hydrogen-bond donors (Lipinski definition) is 0. The van der Waals surface area contributed by atoms with E-state index < -0.39 is 10.0 Å². The minimum atomic E-state index is -3.51. The topological polar surface area (TPSA) is 46.6 Å². The van der Waals surface area contributed by atoms with Crippen molar-refractivity contribution in [2.24, 2.45) is 0 Å². The average Bonchev–Trinajstić information content (AvgIpc) is 2.54. The van der Waals surface area contributed by atoms with Crippen LogP contribution < -0.4 is 4.74 Å². The monoisotopic (exact) mass is 395 g/mol. The quantitative estimate of drug-likeness (QED) is 0.744. The minimum absolute atomic E-state index is 0.226. The van der Waals surface area contributed by atoms with Gasteiger partial charge in [0.05, 0.1) is 7.11 Å².